The molecule has 2 atom stereocenters. The van der Waals surface area contributed by atoms with Gasteiger partial charge in [0.05, 0.1) is 11.6 Å². The summed E-state index contributed by atoms with van der Waals surface area (Å²) >= 11 is 6.14. The van der Waals surface area contributed by atoms with Crippen LogP contribution < -0.4 is 9.64 Å². The van der Waals surface area contributed by atoms with Crippen molar-refractivity contribution in [2.24, 2.45) is 5.92 Å². The summed E-state index contributed by atoms with van der Waals surface area (Å²) in [5.74, 6) is 1.26. The van der Waals surface area contributed by atoms with Gasteiger partial charge in [0.2, 0.25) is 5.91 Å². The van der Waals surface area contributed by atoms with Crippen LogP contribution >= 0.6 is 11.6 Å². The average molecular weight is 544 g/mol. The van der Waals surface area contributed by atoms with Gasteiger partial charge in [0, 0.05) is 56.3 Å². The van der Waals surface area contributed by atoms with E-state index in [0.29, 0.717) is 29.4 Å². The van der Waals surface area contributed by atoms with Crippen molar-refractivity contribution < 1.29 is 14.3 Å². The number of nitriles is 1. The van der Waals surface area contributed by atoms with Crippen molar-refractivity contribution in [2.45, 2.75) is 24.8 Å². The summed E-state index contributed by atoms with van der Waals surface area (Å²) in [6.07, 6.45) is 2.56. The lowest BCUT2D eigenvalue weighted by atomic mass is 9.93. The Bertz CT molecular complexity index is 1340. The van der Waals surface area contributed by atoms with Crippen molar-refractivity contribution in [3.05, 3.63) is 89.1 Å². The first-order chi connectivity index (χ1) is 18.9. The Hall–Kier alpha value is -4.09. The molecule has 0 saturated carbocycles. The molecule has 3 heterocycles. The quantitative estimate of drug-likeness (QED) is 0.452. The standard InChI is InChI=1S/C30H30ClN5O3/c1-34(30(38)39-25-5-3-2-4-6-25)27-20-36(19-26(27)22-8-10-24(31)11-9-22)29(37)23-13-15-35(16-14-23)28-12-7-21(17-32)18-33-28/h2-12,18,23,26-27H,13-16,19-20H2,1H3. The molecular weight excluding hydrogens is 514 g/mol. The second-order valence-electron chi connectivity index (χ2n) is 10.0. The number of ether oxygens (including phenoxy) is 1. The Morgan fingerprint density at radius 2 is 1.74 bits per heavy atom. The van der Waals surface area contributed by atoms with Gasteiger partial charge in [0.25, 0.3) is 0 Å². The molecule has 2 saturated heterocycles. The fourth-order valence-electron chi connectivity index (χ4n) is 5.45. The number of benzene rings is 2. The Balaban J connectivity index is 1.27. The van der Waals surface area contributed by atoms with Gasteiger partial charge in [0.1, 0.15) is 17.6 Å². The summed E-state index contributed by atoms with van der Waals surface area (Å²) in [6.45, 7) is 2.39. The molecule has 0 aliphatic carbocycles. The molecule has 8 nitrogen and oxygen atoms in total. The first-order valence-electron chi connectivity index (χ1n) is 13.1. The number of halogens is 1. The molecule has 1 aromatic heterocycles. The summed E-state index contributed by atoms with van der Waals surface area (Å²) in [4.78, 5) is 36.8. The molecule has 0 spiro atoms. The molecule has 2 fully saturated rings. The van der Waals surface area contributed by atoms with Crippen LogP contribution in [0.5, 0.6) is 5.75 Å². The van der Waals surface area contributed by atoms with Crippen LogP contribution in [0.2, 0.25) is 5.02 Å². The van der Waals surface area contributed by atoms with Gasteiger partial charge < -0.3 is 19.4 Å². The molecule has 0 radical (unpaired) electrons. The highest BCUT2D eigenvalue weighted by Crippen LogP contribution is 2.34. The molecule has 0 N–H and O–H groups in total. The van der Waals surface area contributed by atoms with Crippen LogP contribution in [0, 0.1) is 17.2 Å². The van der Waals surface area contributed by atoms with Crippen LogP contribution in [0.1, 0.15) is 29.9 Å². The average Bonchev–Trinajstić information content (AvgIpc) is 3.43. The molecule has 3 aromatic rings. The van der Waals surface area contributed by atoms with E-state index in [1.165, 1.54) is 0 Å². The van der Waals surface area contributed by atoms with Crippen molar-refractivity contribution in [2.75, 3.05) is 38.1 Å². The minimum atomic E-state index is -0.456. The zero-order chi connectivity index (χ0) is 27.4. The zero-order valence-electron chi connectivity index (χ0n) is 21.7. The van der Waals surface area contributed by atoms with Crippen molar-refractivity contribution in [3.8, 4) is 11.8 Å². The third-order valence-corrected chi connectivity index (χ3v) is 7.93. The largest absolute Gasteiger partial charge is 0.415 e. The van der Waals surface area contributed by atoms with E-state index in [0.717, 1.165) is 37.3 Å². The number of amides is 2. The van der Waals surface area contributed by atoms with Crippen LogP contribution in [0.4, 0.5) is 10.6 Å². The van der Waals surface area contributed by atoms with Gasteiger partial charge in [-0.1, -0.05) is 41.9 Å². The summed E-state index contributed by atoms with van der Waals surface area (Å²) in [6, 6.07) is 22.1. The maximum absolute atomic E-state index is 13.7. The lowest BCUT2D eigenvalue weighted by Gasteiger charge is -2.34. The number of para-hydroxylation sites is 1. The van der Waals surface area contributed by atoms with Crippen molar-refractivity contribution in [1.82, 2.24) is 14.8 Å². The van der Waals surface area contributed by atoms with Crippen LogP contribution in [-0.4, -0.2) is 66.1 Å². The highest BCUT2D eigenvalue weighted by molar-refractivity contribution is 6.30. The molecule has 2 aromatic carbocycles. The van der Waals surface area contributed by atoms with Gasteiger partial charge in [-0.25, -0.2) is 9.78 Å². The number of piperidine rings is 1. The molecule has 5 rings (SSSR count). The maximum atomic E-state index is 13.7. The summed E-state index contributed by atoms with van der Waals surface area (Å²) in [5, 5.41) is 9.65. The van der Waals surface area contributed by atoms with Gasteiger partial charge >= 0.3 is 6.09 Å². The number of carbonyl (C=O) groups is 2. The van der Waals surface area contributed by atoms with Gasteiger partial charge in [-0.05, 0) is 54.8 Å². The Kier molecular flexibility index (Phi) is 7.99. The summed E-state index contributed by atoms with van der Waals surface area (Å²) in [7, 11) is 1.73. The number of nitrogens with zero attached hydrogens (tertiary/aromatic N) is 5. The fraction of sp³-hybridized carbons (Fsp3) is 0.333. The van der Waals surface area contributed by atoms with Crippen molar-refractivity contribution in [1.29, 1.82) is 5.26 Å². The third kappa shape index (κ3) is 5.99. The molecule has 2 unspecified atom stereocenters. The number of carbonyl (C=O) groups excluding carboxylic acids is 2. The first kappa shape index (κ1) is 26.5. The smallest absolute Gasteiger partial charge is 0.410 e. The minimum absolute atomic E-state index is 0.0672. The number of likely N-dealkylation sites (tertiary alicyclic amines) is 1. The van der Waals surface area contributed by atoms with E-state index < -0.39 is 6.09 Å². The van der Waals surface area contributed by atoms with Gasteiger partial charge in [-0.2, -0.15) is 5.26 Å². The minimum Gasteiger partial charge on any atom is -0.410 e. The van der Waals surface area contributed by atoms with E-state index in [9.17, 15) is 9.59 Å². The van der Waals surface area contributed by atoms with E-state index in [2.05, 4.69) is 16.0 Å². The number of pyridine rings is 1. The second-order valence-corrected chi connectivity index (χ2v) is 10.5. The summed E-state index contributed by atoms with van der Waals surface area (Å²) < 4.78 is 5.61. The van der Waals surface area contributed by atoms with Crippen molar-refractivity contribution in [3.63, 3.8) is 0 Å². The van der Waals surface area contributed by atoms with Crippen LogP contribution in [0.15, 0.2) is 72.9 Å². The van der Waals surface area contributed by atoms with Gasteiger partial charge in [-0.3, -0.25) is 4.79 Å². The SMILES string of the molecule is CN(C(=O)Oc1ccccc1)C1CN(C(=O)C2CCN(c3ccc(C#N)cn3)CC2)CC1c1ccc(Cl)cc1. The van der Waals surface area contributed by atoms with E-state index >= 15 is 0 Å². The highest BCUT2D eigenvalue weighted by atomic mass is 35.5. The number of rotatable bonds is 5. The predicted molar refractivity (Wildman–Crippen MR) is 149 cm³/mol. The van der Waals surface area contributed by atoms with Crippen LogP contribution in [0.25, 0.3) is 0 Å². The normalized spacial score (nSPS) is 19.4. The Labute approximate surface area is 233 Å². The third-order valence-electron chi connectivity index (χ3n) is 7.68. The molecule has 0 bridgehead atoms. The Morgan fingerprint density at radius 1 is 1.03 bits per heavy atom. The molecule has 200 valence electrons. The number of hydrogen-bond donors (Lipinski definition) is 0. The molecule has 9 heteroatoms. The number of anilines is 1. The fourth-order valence-corrected chi connectivity index (χ4v) is 5.57. The van der Waals surface area contributed by atoms with E-state index in [-0.39, 0.29) is 23.8 Å². The van der Waals surface area contributed by atoms with Crippen molar-refractivity contribution >= 4 is 29.4 Å². The predicted octanol–water partition coefficient (Wildman–Crippen LogP) is 4.95. The molecule has 2 aliphatic heterocycles. The van der Waals surface area contributed by atoms with E-state index in [4.69, 9.17) is 21.6 Å². The summed E-state index contributed by atoms with van der Waals surface area (Å²) in [5.41, 5.74) is 1.56. The van der Waals surface area contributed by atoms with Gasteiger partial charge in [-0.15, -0.1) is 0 Å². The maximum Gasteiger partial charge on any atom is 0.415 e. The highest BCUT2D eigenvalue weighted by Gasteiger charge is 2.42. The van der Waals surface area contributed by atoms with Crippen LogP contribution in [0.3, 0.4) is 0 Å². The van der Waals surface area contributed by atoms with E-state index in [1.807, 2.05) is 53.4 Å². The molecule has 2 aliphatic rings. The lowest BCUT2D eigenvalue weighted by Crippen LogP contribution is -2.45. The number of hydrogen-bond acceptors (Lipinski definition) is 6. The van der Waals surface area contributed by atoms with E-state index in [1.54, 1.807) is 36.3 Å². The molecular formula is C30H30ClN5O3. The topological polar surface area (TPSA) is 89.8 Å². The molecule has 2 amide bonds. The lowest BCUT2D eigenvalue weighted by molar-refractivity contribution is -0.135. The monoisotopic (exact) mass is 543 g/mol. The second kappa shape index (κ2) is 11.7. The number of likely N-dealkylation sites (N-methyl/N-ethyl adjacent to an activating group) is 1. The first-order valence-corrected chi connectivity index (χ1v) is 13.5. The Morgan fingerprint density at radius 3 is 2.38 bits per heavy atom. The number of aromatic nitrogens is 1. The zero-order valence-corrected chi connectivity index (χ0v) is 22.5. The van der Waals surface area contributed by atoms with Gasteiger partial charge in [0.15, 0.2) is 0 Å². The van der Waals surface area contributed by atoms with Crippen LogP contribution in [-0.2, 0) is 4.79 Å². The molecule has 39 heavy (non-hydrogen) atoms.